The number of benzene rings is 1. The van der Waals surface area contributed by atoms with Gasteiger partial charge in [-0.25, -0.2) is 0 Å². The molecule has 2 heteroatoms. The SMILES string of the molecule is O=C1CCc2c(Cl)cccc2C12CC1C=CC2C1. The van der Waals surface area contributed by atoms with Gasteiger partial charge in [0.2, 0.25) is 0 Å². The number of hydrogen-bond donors (Lipinski definition) is 0. The van der Waals surface area contributed by atoms with E-state index in [1.165, 1.54) is 11.1 Å². The van der Waals surface area contributed by atoms with Gasteiger partial charge in [-0.1, -0.05) is 35.9 Å². The predicted octanol–water partition coefficient (Wildman–Crippen LogP) is 3.69. The number of ketones is 1. The fraction of sp³-hybridized carbons (Fsp3) is 0.438. The van der Waals surface area contributed by atoms with Crippen LogP contribution in [0.4, 0.5) is 0 Å². The molecule has 0 aromatic heterocycles. The molecule has 0 N–H and O–H groups in total. The molecule has 1 fully saturated rings. The standard InChI is InChI=1S/C16H15ClO/c17-14-3-1-2-13-12(14)6-7-15(18)16(13)9-10-4-5-11(16)8-10/h1-5,10-11H,6-9H2. The summed E-state index contributed by atoms with van der Waals surface area (Å²) in [6.45, 7) is 0. The van der Waals surface area contributed by atoms with Crippen molar-refractivity contribution >= 4 is 17.4 Å². The molecule has 0 saturated heterocycles. The van der Waals surface area contributed by atoms with Crippen LogP contribution < -0.4 is 0 Å². The molecule has 3 aliphatic carbocycles. The Balaban J connectivity index is 1.97. The Morgan fingerprint density at radius 3 is 2.83 bits per heavy atom. The summed E-state index contributed by atoms with van der Waals surface area (Å²) >= 11 is 6.32. The molecule has 0 heterocycles. The first-order chi connectivity index (χ1) is 8.72. The molecule has 1 aromatic carbocycles. The van der Waals surface area contributed by atoms with Crippen LogP contribution in [0.15, 0.2) is 30.4 Å². The Morgan fingerprint density at radius 1 is 1.22 bits per heavy atom. The molecule has 0 radical (unpaired) electrons. The molecule has 18 heavy (non-hydrogen) atoms. The Bertz CT molecular complexity index is 574. The molecule has 3 unspecified atom stereocenters. The van der Waals surface area contributed by atoms with Gasteiger partial charge in [0.05, 0.1) is 5.41 Å². The Hall–Kier alpha value is -1.08. The van der Waals surface area contributed by atoms with E-state index in [-0.39, 0.29) is 5.41 Å². The van der Waals surface area contributed by atoms with Gasteiger partial charge in [-0.3, -0.25) is 4.79 Å². The number of Topliss-reactive ketones (excluding diaryl/α,β-unsaturated/α-hetero) is 1. The zero-order valence-electron chi connectivity index (χ0n) is 10.2. The second-order valence-corrected chi connectivity index (χ2v) is 6.26. The van der Waals surface area contributed by atoms with Gasteiger partial charge < -0.3 is 0 Å². The van der Waals surface area contributed by atoms with Crippen molar-refractivity contribution in [3.8, 4) is 0 Å². The van der Waals surface area contributed by atoms with E-state index >= 15 is 0 Å². The zero-order chi connectivity index (χ0) is 12.3. The normalized spacial score (nSPS) is 36.4. The number of fused-ring (bicyclic) bond motifs is 5. The van der Waals surface area contributed by atoms with Crippen LogP contribution in [-0.2, 0) is 16.6 Å². The van der Waals surface area contributed by atoms with Crippen LogP contribution in [0.5, 0.6) is 0 Å². The summed E-state index contributed by atoms with van der Waals surface area (Å²) in [6, 6.07) is 6.08. The molecular weight excluding hydrogens is 244 g/mol. The van der Waals surface area contributed by atoms with Crippen molar-refractivity contribution in [1.82, 2.24) is 0 Å². The summed E-state index contributed by atoms with van der Waals surface area (Å²) in [5, 5.41) is 0.839. The van der Waals surface area contributed by atoms with Crippen LogP contribution in [0.25, 0.3) is 0 Å². The Kier molecular flexibility index (Phi) is 2.09. The molecule has 3 aliphatic rings. The minimum atomic E-state index is -0.238. The number of rotatable bonds is 0. The highest BCUT2D eigenvalue weighted by Gasteiger charge is 2.55. The van der Waals surface area contributed by atoms with Crippen LogP contribution in [0.1, 0.15) is 30.4 Å². The summed E-state index contributed by atoms with van der Waals surface area (Å²) in [7, 11) is 0. The van der Waals surface area contributed by atoms with Crippen molar-refractivity contribution < 1.29 is 4.79 Å². The van der Waals surface area contributed by atoms with Crippen LogP contribution >= 0.6 is 11.6 Å². The highest BCUT2D eigenvalue weighted by Crippen LogP contribution is 2.57. The lowest BCUT2D eigenvalue weighted by Crippen LogP contribution is -2.43. The lowest BCUT2D eigenvalue weighted by atomic mass is 9.62. The van der Waals surface area contributed by atoms with E-state index in [4.69, 9.17) is 11.6 Å². The van der Waals surface area contributed by atoms with Gasteiger partial charge in [0.1, 0.15) is 5.78 Å². The van der Waals surface area contributed by atoms with E-state index in [0.717, 1.165) is 24.3 Å². The van der Waals surface area contributed by atoms with Gasteiger partial charge in [0.15, 0.2) is 0 Å². The van der Waals surface area contributed by atoms with E-state index in [2.05, 4.69) is 18.2 Å². The fourth-order valence-electron chi connectivity index (χ4n) is 4.33. The number of carbonyl (C=O) groups excluding carboxylic acids is 1. The molecule has 0 aliphatic heterocycles. The third-order valence-electron chi connectivity index (χ3n) is 5.09. The molecule has 3 atom stereocenters. The highest BCUT2D eigenvalue weighted by molar-refractivity contribution is 6.31. The summed E-state index contributed by atoms with van der Waals surface area (Å²) in [5.74, 6) is 1.45. The Labute approximate surface area is 112 Å². The maximum Gasteiger partial charge on any atom is 0.144 e. The van der Waals surface area contributed by atoms with E-state index in [0.29, 0.717) is 24.0 Å². The molecule has 1 aromatic rings. The molecular formula is C16H15ClO. The maximum absolute atomic E-state index is 12.6. The third-order valence-corrected chi connectivity index (χ3v) is 5.44. The third kappa shape index (κ3) is 1.16. The summed E-state index contributed by atoms with van der Waals surface area (Å²) in [5.41, 5.74) is 2.21. The minimum absolute atomic E-state index is 0.238. The summed E-state index contributed by atoms with van der Waals surface area (Å²) < 4.78 is 0. The summed E-state index contributed by atoms with van der Waals surface area (Å²) in [6.07, 6.45) is 8.19. The second kappa shape index (κ2) is 3.48. The van der Waals surface area contributed by atoms with Crippen molar-refractivity contribution in [3.05, 3.63) is 46.5 Å². The lowest BCUT2D eigenvalue weighted by Gasteiger charge is -2.39. The lowest BCUT2D eigenvalue weighted by molar-refractivity contribution is -0.126. The molecule has 92 valence electrons. The first kappa shape index (κ1) is 10.8. The van der Waals surface area contributed by atoms with Crippen LogP contribution in [0, 0.1) is 11.8 Å². The Morgan fingerprint density at radius 2 is 2.11 bits per heavy atom. The smallest absolute Gasteiger partial charge is 0.144 e. The fourth-order valence-corrected chi connectivity index (χ4v) is 4.60. The topological polar surface area (TPSA) is 17.1 Å². The average Bonchev–Trinajstić information content (AvgIpc) is 2.96. The van der Waals surface area contributed by atoms with E-state index < -0.39 is 0 Å². The second-order valence-electron chi connectivity index (χ2n) is 5.85. The van der Waals surface area contributed by atoms with Crippen molar-refractivity contribution in [2.75, 3.05) is 0 Å². The van der Waals surface area contributed by atoms with E-state index in [9.17, 15) is 4.79 Å². The van der Waals surface area contributed by atoms with Gasteiger partial charge in [-0.05, 0) is 48.3 Å². The molecule has 4 rings (SSSR count). The van der Waals surface area contributed by atoms with E-state index in [1.807, 2.05) is 12.1 Å². The number of halogens is 1. The quantitative estimate of drug-likeness (QED) is 0.649. The van der Waals surface area contributed by atoms with Crippen LogP contribution in [-0.4, -0.2) is 5.78 Å². The highest BCUT2D eigenvalue weighted by atomic mass is 35.5. The van der Waals surface area contributed by atoms with Crippen molar-refractivity contribution in [1.29, 1.82) is 0 Å². The number of hydrogen-bond acceptors (Lipinski definition) is 1. The van der Waals surface area contributed by atoms with Gasteiger partial charge in [0, 0.05) is 11.4 Å². The van der Waals surface area contributed by atoms with Gasteiger partial charge in [-0.15, -0.1) is 0 Å². The molecule has 1 saturated carbocycles. The monoisotopic (exact) mass is 258 g/mol. The predicted molar refractivity (Wildman–Crippen MR) is 71.8 cm³/mol. The molecule has 1 spiro atoms. The van der Waals surface area contributed by atoms with Gasteiger partial charge in [0.25, 0.3) is 0 Å². The number of allylic oxidation sites excluding steroid dienone is 2. The summed E-state index contributed by atoms with van der Waals surface area (Å²) in [4.78, 5) is 12.6. The molecule has 0 amide bonds. The first-order valence-electron chi connectivity index (χ1n) is 6.71. The first-order valence-corrected chi connectivity index (χ1v) is 7.09. The largest absolute Gasteiger partial charge is 0.299 e. The molecule has 2 bridgehead atoms. The van der Waals surface area contributed by atoms with E-state index in [1.54, 1.807) is 0 Å². The molecule has 1 nitrogen and oxygen atoms in total. The van der Waals surface area contributed by atoms with Crippen molar-refractivity contribution in [2.45, 2.75) is 31.1 Å². The average molecular weight is 259 g/mol. The van der Waals surface area contributed by atoms with Gasteiger partial charge >= 0.3 is 0 Å². The zero-order valence-corrected chi connectivity index (χ0v) is 10.9. The van der Waals surface area contributed by atoms with Crippen LogP contribution in [0.3, 0.4) is 0 Å². The van der Waals surface area contributed by atoms with Crippen molar-refractivity contribution in [3.63, 3.8) is 0 Å². The van der Waals surface area contributed by atoms with Gasteiger partial charge in [-0.2, -0.15) is 0 Å². The van der Waals surface area contributed by atoms with Crippen molar-refractivity contribution in [2.24, 2.45) is 11.8 Å². The number of carbonyl (C=O) groups is 1. The van der Waals surface area contributed by atoms with Crippen LogP contribution in [0.2, 0.25) is 5.02 Å². The maximum atomic E-state index is 12.6. The minimum Gasteiger partial charge on any atom is -0.299 e.